The van der Waals surface area contributed by atoms with E-state index in [1.807, 2.05) is 0 Å². The number of benzene rings is 1. The normalized spacial score (nSPS) is 9.90. The van der Waals surface area contributed by atoms with E-state index < -0.39 is 0 Å². The zero-order valence-corrected chi connectivity index (χ0v) is 7.67. The van der Waals surface area contributed by atoms with Crippen molar-refractivity contribution in [3.63, 3.8) is 0 Å². The minimum atomic E-state index is 1.13. The molecule has 1 heteroatoms. The molecule has 0 aliphatic carbocycles. The second-order valence-corrected chi connectivity index (χ2v) is 3.12. The molecule has 1 rings (SSSR count). The molecule has 0 heterocycles. The first-order valence-corrected chi connectivity index (χ1v) is 4.17. The standard InChI is InChI=1S/C9H13P/c1-3-8-7(2)5-4-6-9(8)10/h4-6H,3,10H2,1-2H3. The van der Waals surface area contributed by atoms with Crippen molar-refractivity contribution < 1.29 is 0 Å². The van der Waals surface area contributed by atoms with Crippen molar-refractivity contribution in [2.75, 3.05) is 0 Å². The summed E-state index contributed by atoms with van der Waals surface area (Å²) in [5, 5.41) is 1.34. The van der Waals surface area contributed by atoms with Gasteiger partial charge in [-0.15, -0.1) is 9.24 Å². The largest absolute Gasteiger partial charge is 0.105 e. The highest BCUT2D eigenvalue weighted by atomic mass is 31.0. The molecule has 0 N–H and O–H groups in total. The van der Waals surface area contributed by atoms with Crippen molar-refractivity contribution in [2.45, 2.75) is 20.3 Å². The summed E-state index contributed by atoms with van der Waals surface area (Å²) in [6.07, 6.45) is 1.13. The van der Waals surface area contributed by atoms with Crippen LogP contribution in [0.25, 0.3) is 0 Å². The lowest BCUT2D eigenvalue weighted by Gasteiger charge is -2.04. The fraction of sp³-hybridized carbons (Fsp3) is 0.333. The summed E-state index contributed by atoms with van der Waals surface area (Å²) in [5.41, 5.74) is 2.86. The third kappa shape index (κ3) is 1.38. The van der Waals surface area contributed by atoms with Crippen molar-refractivity contribution >= 4 is 14.5 Å². The first-order valence-electron chi connectivity index (χ1n) is 3.59. The average molecular weight is 152 g/mol. The Labute approximate surface area is 64.9 Å². The van der Waals surface area contributed by atoms with E-state index >= 15 is 0 Å². The number of hydrogen-bond donors (Lipinski definition) is 0. The molecule has 1 aromatic rings. The Kier molecular flexibility index (Phi) is 2.45. The Morgan fingerprint density at radius 3 is 2.50 bits per heavy atom. The molecule has 0 bridgehead atoms. The Hall–Kier alpha value is -0.350. The van der Waals surface area contributed by atoms with Crippen LogP contribution in [-0.2, 0) is 6.42 Å². The summed E-state index contributed by atoms with van der Waals surface area (Å²) >= 11 is 0. The predicted octanol–water partition coefficient (Wildman–Crippen LogP) is 2.06. The van der Waals surface area contributed by atoms with Gasteiger partial charge in [-0.1, -0.05) is 25.1 Å². The third-order valence-corrected chi connectivity index (χ3v) is 2.34. The highest BCUT2D eigenvalue weighted by Gasteiger charge is 1.96. The summed E-state index contributed by atoms with van der Waals surface area (Å²) < 4.78 is 0. The van der Waals surface area contributed by atoms with Crippen LogP contribution >= 0.6 is 9.24 Å². The minimum absolute atomic E-state index is 1.13. The molecule has 0 saturated heterocycles. The van der Waals surface area contributed by atoms with Crippen LogP contribution < -0.4 is 5.30 Å². The summed E-state index contributed by atoms with van der Waals surface area (Å²) in [5.74, 6) is 0. The quantitative estimate of drug-likeness (QED) is 0.540. The van der Waals surface area contributed by atoms with E-state index in [2.05, 4.69) is 41.3 Å². The first kappa shape index (κ1) is 7.75. The fourth-order valence-corrected chi connectivity index (χ4v) is 1.75. The molecule has 1 atom stereocenters. The zero-order chi connectivity index (χ0) is 7.56. The third-order valence-electron chi connectivity index (χ3n) is 1.80. The molecule has 0 radical (unpaired) electrons. The maximum atomic E-state index is 2.77. The predicted molar refractivity (Wildman–Crippen MR) is 49.9 cm³/mol. The fourth-order valence-electron chi connectivity index (χ4n) is 1.21. The van der Waals surface area contributed by atoms with Gasteiger partial charge in [0.2, 0.25) is 0 Å². The molecule has 10 heavy (non-hydrogen) atoms. The maximum Gasteiger partial charge on any atom is -0.0268 e. The number of rotatable bonds is 1. The molecule has 0 saturated carbocycles. The molecule has 0 nitrogen and oxygen atoms in total. The Balaban J connectivity index is 3.17. The van der Waals surface area contributed by atoms with Crippen molar-refractivity contribution in [3.8, 4) is 0 Å². The summed E-state index contributed by atoms with van der Waals surface area (Å²) in [6, 6.07) is 6.39. The van der Waals surface area contributed by atoms with Gasteiger partial charge >= 0.3 is 0 Å². The van der Waals surface area contributed by atoms with Gasteiger partial charge in [-0.25, -0.2) is 0 Å². The van der Waals surface area contributed by atoms with E-state index in [9.17, 15) is 0 Å². The van der Waals surface area contributed by atoms with Gasteiger partial charge in [0, 0.05) is 0 Å². The van der Waals surface area contributed by atoms with Crippen LogP contribution in [0.15, 0.2) is 18.2 Å². The van der Waals surface area contributed by atoms with Crippen LogP contribution in [0.1, 0.15) is 18.1 Å². The molecular formula is C9H13P. The topological polar surface area (TPSA) is 0 Å². The van der Waals surface area contributed by atoms with E-state index in [1.165, 1.54) is 16.4 Å². The molecule has 54 valence electrons. The van der Waals surface area contributed by atoms with Gasteiger partial charge < -0.3 is 0 Å². The molecule has 1 aromatic carbocycles. The molecule has 0 spiro atoms. The van der Waals surface area contributed by atoms with Gasteiger partial charge in [-0.05, 0) is 29.8 Å². The minimum Gasteiger partial charge on any atom is -0.105 e. The van der Waals surface area contributed by atoms with E-state index in [4.69, 9.17) is 0 Å². The highest BCUT2D eigenvalue weighted by molar-refractivity contribution is 7.27. The smallest absolute Gasteiger partial charge is 0.0268 e. The van der Waals surface area contributed by atoms with Crippen LogP contribution in [0, 0.1) is 6.92 Å². The Bertz CT molecular complexity index is 208. The maximum absolute atomic E-state index is 2.77. The van der Waals surface area contributed by atoms with Gasteiger partial charge in [0.05, 0.1) is 0 Å². The van der Waals surface area contributed by atoms with Crippen LogP contribution in [0.4, 0.5) is 0 Å². The molecule has 0 aliphatic heterocycles. The Morgan fingerprint density at radius 2 is 2.10 bits per heavy atom. The van der Waals surface area contributed by atoms with E-state index in [1.54, 1.807) is 0 Å². The van der Waals surface area contributed by atoms with Crippen molar-refractivity contribution in [1.29, 1.82) is 0 Å². The summed E-state index contributed by atoms with van der Waals surface area (Å²) in [6.45, 7) is 4.35. The lowest BCUT2D eigenvalue weighted by atomic mass is 10.1. The van der Waals surface area contributed by atoms with E-state index in [0.717, 1.165) is 6.42 Å². The SMILES string of the molecule is CCc1c(C)cccc1P. The number of hydrogen-bond acceptors (Lipinski definition) is 0. The molecular weight excluding hydrogens is 139 g/mol. The van der Waals surface area contributed by atoms with Crippen LogP contribution in [0.5, 0.6) is 0 Å². The van der Waals surface area contributed by atoms with Crippen LogP contribution in [0.2, 0.25) is 0 Å². The molecule has 0 aromatic heterocycles. The van der Waals surface area contributed by atoms with Crippen molar-refractivity contribution in [1.82, 2.24) is 0 Å². The van der Waals surface area contributed by atoms with Crippen molar-refractivity contribution in [3.05, 3.63) is 29.3 Å². The van der Waals surface area contributed by atoms with Gasteiger partial charge in [-0.3, -0.25) is 0 Å². The van der Waals surface area contributed by atoms with Gasteiger partial charge in [0.15, 0.2) is 0 Å². The number of aryl methyl sites for hydroxylation is 1. The van der Waals surface area contributed by atoms with Gasteiger partial charge in [0.25, 0.3) is 0 Å². The van der Waals surface area contributed by atoms with E-state index in [0.29, 0.717) is 0 Å². The lowest BCUT2D eigenvalue weighted by Crippen LogP contribution is -2.01. The van der Waals surface area contributed by atoms with Crippen LogP contribution in [0.3, 0.4) is 0 Å². The zero-order valence-electron chi connectivity index (χ0n) is 6.52. The molecule has 0 aliphatic rings. The second-order valence-electron chi connectivity index (χ2n) is 2.50. The molecule has 0 fully saturated rings. The summed E-state index contributed by atoms with van der Waals surface area (Å²) in [4.78, 5) is 0. The first-order chi connectivity index (χ1) is 4.75. The van der Waals surface area contributed by atoms with Gasteiger partial charge in [-0.2, -0.15) is 0 Å². The average Bonchev–Trinajstić information content (AvgIpc) is 1.88. The molecule has 1 unspecified atom stereocenters. The van der Waals surface area contributed by atoms with Crippen molar-refractivity contribution in [2.24, 2.45) is 0 Å². The Morgan fingerprint density at radius 1 is 1.40 bits per heavy atom. The monoisotopic (exact) mass is 152 g/mol. The summed E-state index contributed by atoms with van der Waals surface area (Å²) in [7, 11) is 2.77. The lowest BCUT2D eigenvalue weighted by molar-refractivity contribution is 1.12. The molecule has 0 amide bonds. The second kappa shape index (κ2) is 3.16. The van der Waals surface area contributed by atoms with Crippen LogP contribution in [-0.4, -0.2) is 0 Å². The van der Waals surface area contributed by atoms with E-state index in [-0.39, 0.29) is 0 Å². The highest BCUT2D eigenvalue weighted by Crippen LogP contribution is 2.07. The van der Waals surface area contributed by atoms with Gasteiger partial charge in [0.1, 0.15) is 0 Å².